The van der Waals surface area contributed by atoms with Gasteiger partial charge >= 0.3 is 0 Å². The first-order valence-electron chi connectivity index (χ1n) is 6.30. The molecule has 5 heteroatoms. The first-order chi connectivity index (χ1) is 9.99. The average molecular weight is 418 g/mol. The van der Waals surface area contributed by atoms with Gasteiger partial charge in [0.2, 0.25) is 0 Å². The summed E-state index contributed by atoms with van der Waals surface area (Å²) < 4.78 is 25.9. The van der Waals surface area contributed by atoms with Crippen LogP contribution >= 0.6 is 31.9 Å². The van der Waals surface area contributed by atoms with Gasteiger partial charge in [0.25, 0.3) is 0 Å². The Morgan fingerprint density at radius 1 is 1.10 bits per heavy atom. The third-order valence-corrected chi connectivity index (χ3v) is 5.08. The maximum absolute atomic E-state index is 14.2. The van der Waals surface area contributed by atoms with E-state index in [9.17, 15) is 4.39 Å². The monoisotopic (exact) mass is 416 g/mol. The lowest BCUT2D eigenvalue weighted by atomic mass is 10.0. The molecule has 0 spiro atoms. The predicted octanol–water partition coefficient (Wildman–Crippen LogP) is 5.40. The summed E-state index contributed by atoms with van der Waals surface area (Å²) in [6.45, 7) is 1.98. The van der Waals surface area contributed by atoms with Crippen LogP contribution in [0.2, 0.25) is 0 Å². The zero-order valence-corrected chi connectivity index (χ0v) is 15.1. The molecule has 21 heavy (non-hydrogen) atoms. The van der Waals surface area contributed by atoms with Gasteiger partial charge in [0.05, 0.1) is 19.0 Å². The molecule has 0 radical (unpaired) electrons. The Labute approximate surface area is 140 Å². The van der Waals surface area contributed by atoms with Gasteiger partial charge < -0.3 is 9.47 Å². The molecule has 2 aromatic rings. The van der Waals surface area contributed by atoms with Crippen LogP contribution in [0.1, 0.15) is 21.5 Å². The van der Waals surface area contributed by atoms with Crippen molar-refractivity contribution in [1.29, 1.82) is 0 Å². The van der Waals surface area contributed by atoms with Gasteiger partial charge in [0, 0.05) is 15.6 Å². The molecule has 112 valence electrons. The van der Waals surface area contributed by atoms with Crippen molar-refractivity contribution in [2.75, 3.05) is 14.2 Å². The van der Waals surface area contributed by atoms with Crippen molar-refractivity contribution < 1.29 is 13.9 Å². The minimum Gasteiger partial charge on any atom is -0.496 e. The second kappa shape index (κ2) is 6.79. The highest BCUT2D eigenvalue weighted by Crippen LogP contribution is 2.43. The second-order valence-electron chi connectivity index (χ2n) is 4.56. The van der Waals surface area contributed by atoms with Crippen LogP contribution in [0.25, 0.3) is 0 Å². The lowest BCUT2D eigenvalue weighted by Gasteiger charge is -2.19. The molecular formula is C16H15Br2FO2. The van der Waals surface area contributed by atoms with Crippen LogP contribution in [0.4, 0.5) is 4.39 Å². The number of aryl methyl sites for hydroxylation is 1. The zero-order valence-electron chi connectivity index (χ0n) is 11.9. The van der Waals surface area contributed by atoms with Crippen molar-refractivity contribution in [2.45, 2.75) is 11.8 Å². The van der Waals surface area contributed by atoms with E-state index in [0.29, 0.717) is 17.1 Å². The first kappa shape index (κ1) is 16.3. The molecule has 0 saturated carbocycles. The van der Waals surface area contributed by atoms with Crippen LogP contribution in [-0.2, 0) is 0 Å². The van der Waals surface area contributed by atoms with Crippen molar-refractivity contribution in [3.05, 3.63) is 57.3 Å². The molecule has 0 fully saturated rings. The Morgan fingerprint density at radius 3 is 2.38 bits per heavy atom. The summed E-state index contributed by atoms with van der Waals surface area (Å²) in [6.07, 6.45) is 0. The van der Waals surface area contributed by atoms with E-state index in [1.165, 1.54) is 13.2 Å². The Kier molecular flexibility index (Phi) is 5.27. The molecule has 0 amide bonds. The fourth-order valence-corrected chi connectivity index (χ4v) is 3.31. The smallest absolute Gasteiger partial charge is 0.131 e. The fourth-order valence-electron chi connectivity index (χ4n) is 2.14. The van der Waals surface area contributed by atoms with Crippen LogP contribution in [0, 0.1) is 12.7 Å². The molecular weight excluding hydrogens is 403 g/mol. The van der Waals surface area contributed by atoms with Gasteiger partial charge in [-0.2, -0.15) is 0 Å². The number of ether oxygens (including phenoxy) is 2. The van der Waals surface area contributed by atoms with E-state index in [2.05, 4.69) is 31.9 Å². The number of benzene rings is 2. The van der Waals surface area contributed by atoms with E-state index in [0.717, 1.165) is 15.6 Å². The highest BCUT2D eigenvalue weighted by Gasteiger charge is 2.23. The quantitative estimate of drug-likeness (QED) is 0.620. The van der Waals surface area contributed by atoms with E-state index < -0.39 is 0 Å². The largest absolute Gasteiger partial charge is 0.496 e. The summed E-state index contributed by atoms with van der Waals surface area (Å²) >= 11 is 7.07. The Balaban J connectivity index is 2.60. The maximum atomic E-state index is 14.2. The zero-order chi connectivity index (χ0) is 15.6. The predicted molar refractivity (Wildman–Crippen MR) is 89.2 cm³/mol. The number of alkyl halides is 1. The van der Waals surface area contributed by atoms with Crippen LogP contribution in [0.3, 0.4) is 0 Å². The highest BCUT2D eigenvalue weighted by atomic mass is 79.9. The van der Waals surface area contributed by atoms with E-state index in [4.69, 9.17) is 9.47 Å². The number of halogens is 3. The molecule has 0 aliphatic carbocycles. The minimum atomic E-state index is -0.375. The minimum absolute atomic E-state index is 0.324. The molecule has 0 saturated heterocycles. The molecule has 0 heterocycles. The molecule has 0 N–H and O–H groups in total. The highest BCUT2D eigenvalue weighted by molar-refractivity contribution is 9.10. The lowest BCUT2D eigenvalue weighted by molar-refractivity contribution is 0.401. The SMILES string of the molecule is COc1cc(C)c(Br)cc1C(Br)c1c(F)cccc1OC. The van der Waals surface area contributed by atoms with Gasteiger partial charge in [-0.25, -0.2) is 4.39 Å². The summed E-state index contributed by atoms with van der Waals surface area (Å²) in [6, 6.07) is 8.63. The standard InChI is InChI=1S/C16H15Br2FO2/c1-9-7-14(21-3)10(8-11(9)17)16(18)15-12(19)5-4-6-13(15)20-2/h4-8,16H,1-3H3. The third kappa shape index (κ3) is 3.24. The van der Waals surface area contributed by atoms with E-state index >= 15 is 0 Å². The summed E-state index contributed by atoms with van der Waals surface area (Å²) in [5.41, 5.74) is 2.34. The topological polar surface area (TPSA) is 18.5 Å². The first-order valence-corrected chi connectivity index (χ1v) is 8.01. The third-order valence-electron chi connectivity index (χ3n) is 3.27. The Hall–Kier alpha value is -1.07. The second-order valence-corrected chi connectivity index (χ2v) is 6.33. The van der Waals surface area contributed by atoms with Gasteiger partial charge in [-0.3, -0.25) is 0 Å². The van der Waals surface area contributed by atoms with Crippen molar-refractivity contribution in [3.63, 3.8) is 0 Å². The van der Waals surface area contributed by atoms with Crippen LogP contribution in [0.15, 0.2) is 34.8 Å². The van der Waals surface area contributed by atoms with Crippen LogP contribution in [-0.4, -0.2) is 14.2 Å². The number of methoxy groups -OCH3 is 2. The summed E-state index contributed by atoms with van der Waals surface area (Å²) in [5, 5.41) is 0. The molecule has 0 bridgehead atoms. The van der Waals surface area contributed by atoms with Gasteiger partial charge in [-0.05, 0) is 36.8 Å². The fraction of sp³-hybridized carbons (Fsp3) is 0.250. The molecule has 2 aromatic carbocycles. The lowest BCUT2D eigenvalue weighted by Crippen LogP contribution is -2.03. The van der Waals surface area contributed by atoms with Gasteiger partial charge in [0.15, 0.2) is 0 Å². The van der Waals surface area contributed by atoms with Crippen molar-refractivity contribution in [3.8, 4) is 11.5 Å². The van der Waals surface area contributed by atoms with E-state index in [1.54, 1.807) is 19.2 Å². The van der Waals surface area contributed by atoms with Gasteiger partial charge in [0.1, 0.15) is 17.3 Å². The number of rotatable bonds is 4. The van der Waals surface area contributed by atoms with E-state index in [-0.39, 0.29) is 10.6 Å². The molecule has 2 rings (SSSR count). The number of hydrogen-bond acceptors (Lipinski definition) is 2. The van der Waals surface area contributed by atoms with Crippen LogP contribution < -0.4 is 9.47 Å². The maximum Gasteiger partial charge on any atom is 0.131 e. The van der Waals surface area contributed by atoms with Crippen molar-refractivity contribution >= 4 is 31.9 Å². The molecule has 0 aromatic heterocycles. The molecule has 0 aliphatic rings. The van der Waals surface area contributed by atoms with Crippen molar-refractivity contribution in [2.24, 2.45) is 0 Å². The Bertz CT molecular complexity index is 659. The summed E-state index contributed by atoms with van der Waals surface area (Å²) in [4.78, 5) is -0.375. The molecule has 1 unspecified atom stereocenters. The van der Waals surface area contributed by atoms with Gasteiger partial charge in [-0.15, -0.1) is 0 Å². The Morgan fingerprint density at radius 2 is 1.76 bits per heavy atom. The normalized spacial score (nSPS) is 12.1. The molecule has 0 aliphatic heterocycles. The number of hydrogen-bond donors (Lipinski definition) is 0. The van der Waals surface area contributed by atoms with E-state index in [1.807, 2.05) is 19.1 Å². The molecule has 2 nitrogen and oxygen atoms in total. The average Bonchev–Trinajstić information content (AvgIpc) is 2.48. The van der Waals surface area contributed by atoms with Gasteiger partial charge in [-0.1, -0.05) is 37.9 Å². The summed E-state index contributed by atoms with van der Waals surface area (Å²) in [5.74, 6) is 0.869. The molecule has 1 atom stereocenters. The van der Waals surface area contributed by atoms with Crippen LogP contribution in [0.5, 0.6) is 11.5 Å². The van der Waals surface area contributed by atoms with Crippen molar-refractivity contribution in [1.82, 2.24) is 0 Å². The summed E-state index contributed by atoms with van der Waals surface area (Å²) in [7, 11) is 3.13.